The molecule has 0 saturated carbocycles. The second kappa shape index (κ2) is 5.82. The Hall–Kier alpha value is -0.820. The Morgan fingerprint density at radius 1 is 1.07 bits per heavy atom. The Balaban J connectivity index is 2.30. The van der Waals surface area contributed by atoms with Gasteiger partial charge in [0.2, 0.25) is 10.9 Å². The minimum atomic E-state index is -2.86. The van der Waals surface area contributed by atoms with Crippen molar-refractivity contribution in [1.82, 2.24) is 15.2 Å². The van der Waals surface area contributed by atoms with E-state index in [1.54, 1.807) is 9.73 Å². The first-order valence-corrected chi connectivity index (χ1v) is 5.83. The minimum absolute atomic E-state index is 0.678. The van der Waals surface area contributed by atoms with Crippen molar-refractivity contribution >= 4 is 16.9 Å². The number of rotatable bonds is 2. The van der Waals surface area contributed by atoms with E-state index in [0.717, 1.165) is 38.8 Å². The first-order chi connectivity index (χ1) is 6.68. The van der Waals surface area contributed by atoms with Crippen LogP contribution in [-0.4, -0.2) is 32.5 Å². The molecule has 0 spiro atoms. The lowest BCUT2D eigenvalue weighted by Gasteiger charge is -2.19. The molecule has 0 unspecified atom stereocenters. The van der Waals surface area contributed by atoms with Gasteiger partial charge in [0.05, 0.1) is 0 Å². The van der Waals surface area contributed by atoms with E-state index in [4.69, 9.17) is 0 Å². The molecular weight excluding hydrogens is 206 g/mol. The second-order valence-electron chi connectivity index (χ2n) is 3.21. The van der Waals surface area contributed by atoms with Crippen molar-refractivity contribution in [2.75, 3.05) is 13.1 Å². The molecule has 0 aromatic carbocycles. The predicted octanol–water partition coefficient (Wildman–Crippen LogP) is -0.397. The van der Waals surface area contributed by atoms with E-state index in [1.165, 1.54) is 0 Å². The predicted molar refractivity (Wildman–Crippen MR) is 52.0 cm³/mol. The van der Waals surface area contributed by atoms with Gasteiger partial charge in [0.15, 0.2) is 0 Å². The summed E-state index contributed by atoms with van der Waals surface area (Å²) in [5.41, 5.74) is 2.49. The third-order valence-corrected chi connectivity index (χ3v) is 2.44. The lowest BCUT2D eigenvalue weighted by Crippen LogP contribution is -2.47. The van der Waals surface area contributed by atoms with Crippen molar-refractivity contribution < 1.29 is 13.2 Å². The monoisotopic (exact) mass is 221 g/mol. The summed E-state index contributed by atoms with van der Waals surface area (Å²) in [6.45, 7) is 1.56. The van der Waals surface area contributed by atoms with Gasteiger partial charge in [0, 0.05) is 13.1 Å². The normalized spacial score (nSPS) is 18.9. The van der Waals surface area contributed by atoms with Crippen molar-refractivity contribution in [3.63, 3.8) is 0 Å². The van der Waals surface area contributed by atoms with Gasteiger partial charge in [-0.05, 0) is 12.8 Å². The smallest absolute Gasteiger partial charge is 0.270 e. The van der Waals surface area contributed by atoms with Crippen LogP contribution >= 0.6 is 0 Å². The maximum absolute atomic E-state index is 11.0. The standard InChI is InChI=1S/C7H15N3O3S/c11-7(9-14(12)13)8-10-5-3-1-2-4-6-10/h14H,1-6H2,(H2,8,9,11,12,13). The van der Waals surface area contributed by atoms with Gasteiger partial charge in [-0.1, -0.05) is 12.8 Å². The summed E-state index contributed by atoms with van der Waals surface area (Å²) >= 11 is 0. The van der Waals surface area contributed by atoms with Crippen LogP contribution in [0.4, 0.5) is 4.79 Å². The third-order valence-electron chi connectivity index (χ3n) is 2.06. The Labute approximate surface area is 84.7 Å². The van der Waals surface area contributed by atoms with Crippen LogP contribution in [0.1, 0.15) is 25.7 Å². The molecule has 0 bridgehead atoms. The number of carbonyl (C=O) groups is 1. The molecule has 0 aliphatic carbocycles. The molecule has 1 aliphatic heterocycles. The van der Waals surface area contributed by atoms with Crippen LogP contribution in [0.25, 0.3) is 0 Å². The number of carbonyl (C=O) groups excluding carboxylic acids is 1. The molecule has 1 aliphatic rings. The van der Waals surface area contributed by atoms with E-state index in [1.807, 2.05) is 0 Å². The Morgan fingerprint density at radius 2 is 1.64 bits per heavy atom. The highest BCUT2D eigenvalue weighted by atomic mass is 32.2. The molecular formula is C7H15N3O3S. The second-order valence-corrected chi connectivity index (χ2v) is 3.95. The van der Waals surface area contributed by atoms with Crippen LogP contribution in [0.15, 0.2) is 0 Å². The molecule has 0 aromatic heterocycles. The largest absolute Gasteiger partial charge is 0.342 e. The van der Waals surface area contributed by atoms with Gasteiger partial charge < -0.3 is 0 Å². The Kier molecular flexibility index (Phi) is 4.68. The van der Waals surface area contributed by atoms with E-state index in [-0.39, 0.29) is 0 Å². The van der Waals surface area contributed by atoms with Crippen molar-refractivity contribution in [2.45, 2.75) is 25.7 Å². The van der Waals surface area contributed by atoms with Crippen molar-refractivity contribution in [2.24, 2.45) is 0 Å². The van der Waals surface area contributed by atoms with E-state index in [2.05, 4.69) is 5.43 Å². The van der Waals surface area contributed by atoms with Crippen LogP contribution < -0.4 is 10.1 Å². The molecule has 0 atom stereocenters. The van der Waals surface area contributed by atoms with E-state index >= 15 is 0 Å². The Morgan fingerprint density at radius 3 is 2.14 bits per heavy atom. The van der Waals surface area contributed by atoms with Gasteiger partial charge in [0.25, 0.3) is 0 Å². The third kappa shape index (κ3) is 4.43. The SMILES string of the molecule is O=C(NN1CCCCCC1)N[SH](=O)=O. The van der Waals surface area contributed by atoms with E-state index in [0.29, 0.717) is 0 Å². The number of urea groups is 1. The summed E-state index contributed by atoms with van der Waals surface area (Å²) in [4.78, 5) is 11.0. The van der Waals surface area contributed by atoms with Gasteiger partial charge in [-0.15, -0.1) is 0 Å². The van der Waals surface area contributed by atoms with Gasteiger partial charge in [0.1, 0.15) is 0 Å². The molecule has 7 heteroatoms. The summed E-state index contributed by atoms with van der Waals surface area (Å²) in [5, 5.41) is 1.75. The molecule has 1 heterocycles. The van der Waals surface area contributed by atoms with Crippen LogP contribution in [0.2, 0.25) is 0 Å². The van der Waals surface area contributed by atoms with Gasteiger partial charge in [-0.2, -0.15) is 0 Å². The maximum Gasteiger partial charge on any atom is 0.342 e. The fraction of sp³-hybridized carbons (Fsp3) is 0.857. The zero-order valence-corrected chi connectivity index (χ0v) is 8.76. The number of hydrazine groups is 1. The highest BCUT2D eigenvalue weighted by molar-refractivity contribution is 7.70. The van der Waals surface area contributed by atoms with Gasteiger partial charge in [-0.3, -0.25) is 5.43 Å². The molecule has 2 amide bonds. The van der Waals surface area contributed by atoms with Crippen LogP contribution in [-0.2, 0) is 10.9 Å². The van der Waals surface area contributed by atoms with E-state index < -0.39 is 16.9 Å². The van der Waals surface area contributed by atoms with Gasteiger partial charge in [-0.25, -0.2) is 22.9 Å². The molecule has 14 heavy (non-hydrogen) atoms. The zero-order chi connectivity index (χ0) is 10.4. The van der Waals surface area contributed by atoms with Crippen molar-refractivity contribution in [3.8, 4) is 0 Å². The number of amides is 2. The first-order valence-electron chi connectivity index (χ1n) is 4.65. The average molecular weight is 221 g/mol. The van der Waals surface area contributed by atoms with E-state index in [9.17, 15) is 13.2 Å². The first kappa shape index (κ1) is 11.3. The maximum atomic E-state index is 11.0. The topological polar surface area (TPSA) is 78.5 Å². The highest BCUT2D eigenvalue weighted by Crippen LogP contribution is 2.07. The average Bonchev–Trinajstić information content (AvgIpc) is 2.31. The lowest BCUT2D eigenvalue weighted by molar-refractivity contribution is 0.184. The lowest BCUT2D eigenvalue weighted by atomic mass is 10.2. The zero-order valence-electron chi connectivity index (χ0n) is 7.86. The fourth-order valence-corrected chi connectivity index (χ4v) is 1.65. The Bertz CT molecular complexity index is 251. The quantitative estimate of drug-likeness (QED) is 0.555. The van der Waals surface area contributed by atoms with Crippen LogP contribution in [0, 0.1) is 0 Å². The summed E-state index contributed by atoms with van der Waals surface area (Å²) < 4.78 is 22.1. The summed E-state index contributed by atoms with van der Waals surface area (Å²) in [7, 11) is -2.86. The molecule has 1 rings (SSSR count). The number of nitrogens with zero attached hydrogens (tertiary/aromatic N) is 1. The van der Waals surface area contributed by atoms with Crippen molar-refractivity contribution in [1.29, 1.82) is 0 Å². The van der Waals surface area contributed by atoms with Crippen molar-refractivity contribution in [3.05, 3.63) is 0 Å². The molecule has 1 fully saturated rings. The fourth-order valence-electron chi connectivity index (χ4n) is 1.43. The highest BCUT2D eigenvalue weighted by Gasteiger charge is 2.11. The minimum Gasteiger partial charge on any atom is -0.270 e. The molecule has 6 nitrogen and oxygen atoms in total. The number of hydrogen-bond acceptors (Lipinski definition) is 4. The number of thiol groups is 1. The van der Waals surface area contributed by atoms with Crippen LogP contribution in [0.5, 0.6) is 0 Å². The molecule has 0 aromatic rings. The molecule has 82 valence electrons. The molecule has 2 N–H and O–H groups in total. The van der Waals surface area contributed by atoms with Crippen LogP contribution in [0.3, 0.4) is 0 Å². The summed E-state index contributed by atoms with van der Waals surface area (Å²) in [5.74, 6) is 0. The summed E-state index contributed by atoms with van der Waals surface area (Å²) in [6.07, 6.45) is 4.39. The molecule has 1 saturated heterocycles. The summed E-state index contributed by atoms with van der Waals surface area (Å²) in [6, 6.07) is -0.678. The molecule has 0 radical (unpaired) electrons. The number of nitrogens with one attached hydrogen (secondary N) is 2. The van der Waals surface area contributed by atoms with Gasteiger partial charge >= 0.3 is 6.03 Å². The number of hydrogen-bond donors (Lipinski definition) is 3.